The minimum Gasteiger partial charge on any atom is -0.317 e. The van der Waals surface area contributed by atoms with Gasteiger partial charge in [0, 0.05) is 0 Å². The number of piperidine rings is 1. The third-order valence-electron chi connectivity index (χ3n) is 2.46. The van der Waals surface area contributed by atoms with Gasteiger partial charge in [0.1, 0.15) is 0 Å². The minimum absolute atomic E-state index is 1.02. The van der Waals surface area contributed by atoms with E-state index < -0.39 is 0 Å². The molecule has 1 saturated carbocycles. The van der Waals surface area contributed by atoms with Gasteiger partial charge in [-0.2, -0.15) is 0 Å². The first-order valence-electron chi connectivity index (χ1n) is 4.02. The molecule has 1 aliphatic heterocycles. The molecule has 0 amide bonds. The molecule has 2 fully saturated rings. The van der Waals surface area contributed by atoms with Crippen LogP contribution in [0, 0.1) is 11.8 Å². The molecular weight excluding hydrogens is 110 g/mol. The van der Waals surface area contributed by atoms with Gasteiger partial charge in [0.2, 0.25) is 0 Å². The van der Waals surface area contributed by atoms with Crippen LogP contribution in [0.4, 0.5) is 0 Å². The lowest BCUT2D eigenvalue weighted by Crippen LogP contribution is -2.28. The molecule has 2 rings (SSSR count). The molecule has 1 heteroatoms. The normalized spacial score (nSPS) is 30.7. The molecular formula is C8H14N. The van der Waals surface area contributed by atoms with Crippen LogP contribution >= 0.6 is 0 Å². The highest BCUT2D eigenvalue weighted by Crippen LogP contribution is 2.42. The molecule has 2 aliphatic rings. The average Bonchev–Trinajstić information content (AvgIpc) is 2.71. The Balaban J connectivity index is 1.80. The summed E-state index contributed by atoms with van der Waals surface area (Å²) in [7, 11) is 0. The molecule has 1 saturated heterocycles. The summed E-state index contributed by atoms with van der Waals surface area (Å²) in [6.45, 7) is 2.52. The molecule has 0 unspecified atom stereocenters. The molecule has 0 spiro atoms. The van der Waals surface area contributed by atoms with Gasteiger partial charge >= 0.3 is 0 Å². The molecule has 1 aliphatic carbocycles. The van der Waals surface area contributed by atoms with Crippen molar-refractivity contribution in [2.45, 2.75) is 25.7 Å². The second-order valence-electron chi connectivity index (χ2n) is 3.18. The van der Waals surface area contributed by atoms with Crippen molar-refractivity contribution in [1.29, 1.82) is 0 Å². The van der Waals surface area contributed by atoms with E-state index in [0.717, 1.165) is 5.92 Å². The molecule has 1 N–H and O–H groups in total. The van der Waals surface area contributed by atoms with Crippen LogP contribution in [-0.4, -0.2) is 13.1 Å². The van der Waals surface area contributed by atoms with E-state index in [1.807, 2.05) is 5.92 Å². The molecule has 0 atom stereocenters. The highest BCUT2D eigenvalue weighted by Gasteiger charge is 2.31. The van der Waals surface area contributed by atoms with E-state index in [2.05, 4.69) is 5.32 Å². The van der Waals surface area contributed by atoms with Crippen LogP contribution in [0.3, 0.4) is 0 Å². The summed E-state index contributed by atoms with van der Waals surface area (Å²) in [6, 6.07) is 0. The number of hydrogen-bond donors (Lipinski definition) is 1. The fourth-order valence-corrected chi connectivity index (χ4v) is 1.71. The van der Waals surface area contributed by atoms with Gasteiger partial charge in [0.15, 0.2) is 0 Å². The number of nitrogens with one attached hydrogen (secondary N) is 1. The third-order valence-corrected chi connectivity index (χ3v) is 2.46. The van der Waals surface area contributed by atoms with Crippen molar-refractivity contribution in [3.05, 3.63) is 5.92 Å². The molecule has 0 aromatic heterocycles. The van der Waals surface area contributed by atoms with Gasteiger partial charge in [-0.3, -0.25) is 0 Å². The van der Waals surface area contributed by atoms with Crippen molar-refractivity contribution < 1.29 is 0 Å². The van der Waals surface area contributed by atoms with E-state index in [1.54, 1.807) is 0 Å². The van der Waals surface area contributed by atoms with Gasteiger partial charge in [-0.05, 0) is 50.6 Å². The topological polar surface area (TPSA) is 12.0 Å². The van der Waals surface area contributed by atoms with Crippen LogP contribution < -0.4 is 5.32 Å². The van der Waals surface area contributed by atoms with E-state index >= 15 is 0 Å². The molecule has 0 aromatic carbocycles. The SMILES string of the molecule is C1CC([C]2CC2)CCN1. The lowest BCUT2D eigenvalue weighted by atomic mass is 9.93. The predicted octanol–water partition coefficient (Wildman–Crippen LogP) is 1.35. The van der Waals surface area contributed by atoms with Crippen LogP contribution in [0.25, 0.3) is 0 Å². The average molecular weight is 124 g/mol. The van der Waals surface area contributed by atoms with Crippen molar-refractivity contribution >= 4 is 0 Å². The molecule has 1 radical (unpaired) electrons. The zero-order chi connectivity index (χ0) is 6.10. The Kier molecular flexibility index (Phi) is 1.46. The molecule has 1 heterocycles. The second kappa shape index (κ2) is 2.30. The Morgan fingerprint density at radius 3 is 2.33 bits per heavy atom. The van der Waals surface area contributed by atoms with E-state index in [1.165, 1.54) is 38.8 Å². The Bertz CT molecular complexity index is 90.7. The Morgan fingerprint density at radius 2 is 1.78 bits per heavy atom. The molecule has 0 bridgehead atoms. The fraction of sp³-hybridized carbons (Fsp3) is 0.875. The zero-order valence-corrected chi connectivity index (χ0v) is 5.82. The summed E-state index contributed by atoms with van der Waals surface area (Å²) in [5.41, 5.74) is 0. The number of hydrogen-bond acceptors (Lipinski definition) is 1. The third kappa shape index (κ3) is 1.26. The zero-order valence-electron chi connectivity index (χ0n) is 5.82. The largest absolute Gasteiger partial charge is 0.317 e. The first-order chi connectivity index (χ1) is 4.47. The summed E-state index contributed by atoms with van der Waals surface area (Å²) in [5.74, 6) is 2.88. The van der Waals surface area contributed by atoms with Gasteiger partial charge < -0.3 is 5.32 Å². The Morgan fingerprint density at radius 1 is 1.11 bits per heavy atom. The van der Waals surface area contributed by atoms with Crippen molar-refractivity contribution in [2.75, 3.05) is 13.1 Å². The molecule has 51 valence electrons. The fourth-order valence-electron chi connectivity index (χ4n) is 1.71. The molecule has 0 aromatic rings. The van der Waals surface area contributed by atoms with Crippen LogP contribution in [0.15, 0.2) is 0 Å². The lowest BCUT2D eigenvalue weighted by molar-refractivity contribution is 0.407. The van der Waals surface area contributed by atoms with E-state index in [0.29, 0.717) is 0 Å². The first kappa shape index (κ1) is 5.72. The maximum absolute atomic E-state index is 3.38. The highest BCUT2D eigenvalue weighted by atomic mass is 14.9. The quantitative estimate of drug-likeness (QED) is 0.556. The predicted molar refractivity (Wildman–Crippen MR) is 38.1 cm³/mol. The van der Waals surface area contributed by atoms with Crippen molar-refractivity contribution in [1.82, 2.24) is 5.32 Å². The summed E-state index contributed by atoms with van der Waals surface area (Å²) in [4.78, 5) is 0. The van der Waals surface area contributed by atoms with E-state index in [-0.39, 0.29) is 0 Å². The molecule has 9 heavy (non-hydrogen) atoms. The highest BCUT2D eigenvalue weighted by molar-refractivity contribution is 5.10. The maximum atomic E-state index is 3.38. The van der Waals surface area contributed by atoms with Crippen molar-refractivity contribution in [2.24, 2.45) is 5.92 Å². The summed E-state index contributed by atoms with van der Waals surface area (Å²) in [5, 5.41) is 3.38. The van der Waals surface area contributed by atoms with Crippen LogP contribution in [-0.2, 0) is 0 Å². The van der Waals surface area contributed by atoms with Crippen LogP contribution in [0.5, 0.6) is 0 Å². The van der Waals surface area contributed by atoms with Gasteiger partial charge in [-0.1, -0.05) is 0 Å². The summed E-state index contributed by atoms with van der Waals surface area (Å²) >= 11 is 0. The van der Waals surface area contributed by atoms with Crippen LogP contribution in [0.2, 0.25) is 0 Å². The monoisotopic (exact) mass is 124 g/mol. The summed E-state index contributed by atoms with van der Waals surface area (Å²) in [6.07, 6.45) is 5.72. The van der Waals surface area contributed by atoms with Crippen molar-refractivity contribution in [3.8, 4) is 0 Å². The van der Waals surface area contributed by atoms with E-state index in [9.17, 15) is 0 Å². The van der Waals surface area contributed by atoms with Gasteiger partial charge in [0.05, 0.1) is 0 Å². The molecule has 1 nitrogen and oxygen atoms in total. The second-order valence-corrected chi connectivity index (χ2v) is 3.18. The van der Waals surface area contributed by atoms with Gasteiger partial charge in [-0.25, -0.2) is 0 Å². The standard InChI is InChI=1S/C8H14N/c1-2-7(1)8-3-5-9-6-4-8/h8-9H,1-6H2. The number of rotatable bonds is 1. The minimum atomic E-state index is 1.02. The van der Waals surface area contributed by atoms with Gasteiger partial charge in [-0.15, -0.1) is 0 Å². The van der Waals surface area contributed by atoms with E-state index in [4.69, 9.17) is 0 Å². The van der Waals surface area contributed by atoms with Crippen LogP contribution in [0.1, 0.15) is 25.7 Å². The maximum Gasteiger partial charge on any atom is -0.00461 e. The Labute approximate surface area is 56.8 Å². The van der Waals surface area contributed by atoms with Gasteiger partial charge in [0.25, 0.3) is 0 Å². The Hall–Kier alpha value is -0.0400. The lowest BCUT2D eigenvalue weighted by Gasteiger charge is -2.21. The van der Waals surface area contributed by atoms with Crippen molar-refractivity contribution in [3.63, 3.8) is 0 Å². The smallest absolute Gasteiger partial charge is 0.00461 e. The first-order valence-corrected chi connectivity index (χ1v) is 4.02. The summed E-state index contributed by atoms with van der Waals surface area (Å²) < 4.78 is 0.